The average molecular weight is 710 g/mol. The van der Waals surface area contributed by atoms with Crippen LogP contribution in [0.15, 0.2) is 83.6 Å². The van der Waals surface area contributed by atoms with E-state index in [2.05, 4.69) is 65.4 Å². The van der Waals surface area contributed by atoms with E-state index in [4.69, 9.17) is 19.4 Å². The maximum absolute atomic E-state index is 11.3. The highest BCUT2D eigenvalue weighted by Crippen LogP contribution is 2.46. The Morgan fingerprint density at radius 1 is 1.08 bits per heavy atom. The summed E-state index contributed by atoms with van der Waals surface area (Å²) in [6.45, 7) is 8.60. The summed E-state index contributed by atoms with van der Waals surface area (Å²) in [6.07, 6.45) is 11.4. The molecule has 0 bridgehead atoms. The van der Waals surface area contributed by atoms with Crippen LogP contribution in [0, 0.1) is 30.1 Å². The first-order valence-corrected chi connectivity index (χ1v) is 18.3. The average Bonchev–Trinajstić information content (AvgIpc) is 3.89. The Bertz CT molecular complexity index is 2310. The summed E-state index contributed by atoms with van der Waals surface area (Å²) in [7, 11) is 0. The zero-order chi connectivity index (χ0) is 36.7. The predicted octanol–water partition coefficient (Wildman–Crippen LogP) is 6.41. The van der Waals surface area contributed by atoms with Crippen LogP contribution < -0.4 is 5.32 Å². The number of nitrogens with zero attached hydrogens (tertiary/aromatic N) is 6. The number of nitrogens with one attached hydrogen (secondary N) is 1. The molecular formula is C42H43N7O4. The van der Waals surface area contributed by atoms with Gasteiger partial charge in [-0.05, 0) is 90.4 Å². The van der Waals surface area contributed by atoms with Gasteiger partial charge in [-0.3, -0.25) is 19.6 Å². The van der Waals surface area contributed by atoms with Gasteiger partial charge >= 0.3 is 5.97 Å². The largest absolute Gasteiger partial charge is 0.481 e. The van der Waals surface area contributed by atoms with E-state index in [1.54, 1.807) is 6.20 Å². The highest BCUT2D eigenvalue weighted by molar-refractivity contribution is 5.89. The number of carbonyl (C=O) groups is 1. The number of pyridine rings is 2. The lowest BCUT2D eigenvalue weighted by molar-refractivity contribution is -0.138. The number of anilines is 1. The molecule has 270 valence electrons. The third-order valence-corrected chi connectivity index (χ3v) is 11.1. The third-order valence-electron chi connectivity index (χ3n) is 11.1. The molecule has 2 unspecified atom stereocenters. The van der Waals surface area contributed by atoms with Gasteiger partial charge in [0.15, 0.2) is 11.4 Å². The Hall–Kier alpha value is -5.41. The number of nitriles is 1. The van der Waals surface area contributed by atoms with Crippen LogP contribution in [-0.4, -0.2) is 73.2 Å². The fraction of sp³-hybridized carbons (Fsp3) is 0.357. The normalized spacial score (nSPS) is 23.4. The molecule has 11 heteroatoms. The van der Waals surface area contributed by atoms with E-state index in [0.29, 0.717) is 60.1 Å². The molecule has 0 radical (unpaired) electrons. The summed E-state index contributed by atoms with van der Waals surface area (Å²) in [5, 5.41) is 34.4. The summed E-state index contributed by atoms with van der Waals surface area (Å²) in [5.74, 6) is 0.151. The molecule has 4 atom stereocenters. The number of aliphatic hydroxyl groups excluding tert-OH is 1. The number of benzene rings is 2. The van der Waals surface area contributed by atoms with Crippen LogP contribution in [0.3, 0.4) is 0 Å². The van der Waals surface area contributed by atoms with Crippen molar-refractivity contribution in [3.8, 4) is 6.07 Å². The van der Waals surface area contributed by atoms with E-state index in [1.807, 2.05) is 42.6 Å². The molecule has 0 amide bonds. The molecule has 5 aromatic rings. The van der Waals surface area contributed by atoms with Crippen molar-refractivity contribution in [3.63, 3.8) is 0 Å². The van der Waals surface area contributed by atoms with Crippen molar-refractivity contribution in [2.45, 2.75) is 57.8 Å². The molecule has 5 heterocycles. The number of allylic oxidation sites excluding steroid dienone is 2. The molecule has 53 heavy (non-hydrogen) atoms. The van der Waals surface area contributed by atoms with Gasteiger partial charge in [0.1, 0.15) is 22.6 Å². The summed E-state index contributed by atoms with van der Waals surface area (Å²) in [5.41, 5.74) is 6.50. The minimum Gasteiger partial charge on any atom is -0.481 e. The third kappa shape index (κ3) is 6.81. The van der Waals surface area contributed by atoms with E-state index in [-0.39, 0.29) is 24.4 Å². The number of fused-ring (bicyclic) bond motifs is 2. The maximum Gasteiger partial charge on any atom is 0.303 e. The molecule has 8 rings (SSSR count). The Kier molecular flexibility index (Phi) is 9.28. The summed E-state index contributed by atoms with van der Waals surface area (Å²) < 4.78 is 6.66. The van der Waals surface area contributed by atoms with Crippen molar-refractivity contribution in [2.75, 3.05) is 31.5 Å². The maximum atomic E-state index is 11.3. The van der Waals surface area contributed by atoms with Crippen molar-refractivity contribution in [1.82, 2.24) is 24.8 Å². The molecular weight excluding hydrogens is 667 g/mol. The number of β-amino-alcohol motifs (C(OH)–C–C–N with tert-alkyl or cyclic N) is 1. The monoisotopic (exact) mass is 709 g/mol. The molecule has 0 spiro atoms. The number of aliphatic carboxylic acids is 1. The number of aromatic nitrogens is 3. The lowest BCUT2D eigenvalue weighted by Gasteiger charge is -2.39. The highest BCUT2D eigenvalue weighted by Gasteiger charge is 2.45. The zero-order valence-corrected chi connectivity index (χ0v) is 30.0. The second-order valence-corrected chi connectivity index (χ2v) is 14.9. The second kappa shape index (κ2) is 14.2. The van der Waals surface area contributed by atoms with Crippen LogP contribution >= 0.6 is 0 Å². The fourth-order valence-electron chi connectivity index (χ4n) is 8.38. The molecule has 2 saturated heterocycles. The smallest absolute Gasteiger partial charge is 0.303 e. The lowest BCUT2D eigenvalue weighted by Crippen LogP contribution is -2.42. The van der Waals surface area contributed by atoms with E-state index < -0.39 is 11.5 Å². The zero-order valence-electron chi connectivity index (χ0n) is 30.0. The summed E-state index contributed by atoms with van der Waals surface area (Å²) in [6, 6.07) is 18.6. The van der Waals surface area contributed by atoms with Crippen LogP contribution in [0.25, 0.3) is 27.6 Å². The summed E-state index contributed by atoms with van der Waals surface area (Å²) >= 11 is 0. The topological polar surface area (TPSA) is 152 Å². The Labute approximate surface area is 308 Å². The highest BCUT2D eigenvalue weighted by atomic mass is 16.4. The fourth-order valence-corrected chi connectivity index (χ4v) is 8.38. The molecule has 1 aliphatic carbocycles. The number of carboxylic acid groups (broad SMARTS) is 1. The van der Waals surface area contributed by atoms with Gasteiger partial charge in [-0.25, -0.2) is 9.97 Å². The number of hydrogen-bond acceptors (Lipinski definition) is 10. The number of carboxylic acids is 1. The van der Waals surface area contributed by atoms with Gasteiger partial charge in [0.2, 0.25) is 5.89 Å². The van der Waals surface area contributed by atoms with Crippen LogP contribution in [0.5, 0.6) is 0 Å². The van der Waals surface area contributed by atoms with E-state index in [0.717, 1.165) is 59.1 Å². The Balaban J connectivity index is 1.18. The first-order valence-electron chi connectivity index (χ1n) is 18.3. The van der Waals surface area contributed by atoms with Gasteiger partial charge < -0.3 is 19.9 Å². The standard InChI is InChI=1S/C42H43N7O4/c1-26-6-3-4-7-34(26)35-8-5-12-42(27(35)2,47-40-38-31(9-13-44-40)17-30(21-45-38)24-49-15-11-33(50)25-49)41-46-36-18-29(16-32(20-43)39(36)53-41)23-48-14-10-28(22-48)19-37(51)52/h3-9,12-13,16-18,21,27-28,33,50H,10-11,14-15,19,22-25H2,1-2H3,(H,44,47)(H,51,52)/t27?,28-,33-,42?/m1/s1. The first-order chi connectivity index (χ1) is 25.7. The molecule has 2 aromatic carbocycles. The van der Waals surface area contributed by atoms with Crippen molar-refractivity contribution < 1.29 is 19.4 Å². The summed E-state index contributed by atoms with van der Waals surface area (Å²) in [4.78, 5) is 30.7. The van der Waals surface area contributed by atoms with E-state index in [9.17, 15) is 20.3 Å². The predicted molar refractivity (Wildman–Crippen MR) is 203 cm³/mol. The van der Waals surface area contributed by atoms with Gasteiger partial charge in [-0.15, -0.1) is 0 Å². The van der Waals surface area contributed by atoms with Crippen molar-refractivity contribution in [1.29, 1.82) is 5.26 Å². The van der Waals surface area contributed by atoms with E-state index in [1.165, 1.54) is 0 Å². The number of aryl methyl sites for hydroxylation is 1. The molecule has 2 aliphatic heterocycles. The Morgan fingerprint density at radius 3 is 2.68 bits per heavy atom. The number of likely N-dealkylation sites (tertiary alicyclic amines) is 2. The van der Waals surface area contributed by atoms with Crippen molar-refractivity contribution >= 4 is 39.4 Å². The van der Waals surface area contributed by atoms with Gasteiger partial charge in [-0.2, -0.15) is 5.26 Å². The van der Waals surface area contributed by atoms with Crippen molar-refractivity contribution in [2.24, 2.45) is 11.8 Å². The molecule has 3 aromatic heterocycles. The first kappa shape index (κ1) is 34.7. The quantitative estimate of drug-likeness (QED) is 0.148. The van der Waals surface area contributed by atoms with Gasteiger partial charge in [0.25, 0.3) is 0 Å². The minimum absolute atomic E-state index is 0.120. The molecule has 2 fully saturated rings. The van der Waals surface area contributed by atoms with Gasteiger partial charge in [0, 0.05) is 62.8 Å². The molecule has 3 N–H and O–H groups in total. The van der Waals surface area contributed by atoms with Crippen LogP contribution in [0.4, 0.5) is 5.82 Å². The minimum atomic E-state index is -1.01. The van der Waals surface area contributed by atoms with Crippen molar-refractivity contribution in [3.05, 3.63) is 113 Å². The Morgan fingerprint density at radius 2 is 1.89 bits per heavy atom. The molecule has 3 aliphatic rings. The number of hydrogen-bond donors (Lipinski definition) is 3. The van der Waals surface area contributed by atoms with Crippen LogP contribution in [0.1, 0.15) is 59.9 Å². The molecule has 0 saturated carbocycles. The van der Waals surface area contributed by atoms with Gasteiger partial charge in [0.05, 0.1) is 11.7 Å². The lowest BCUT2D eigenvalue weighted by atomic mass is 9.73. The van der Waals surface area contributed by atoms with Crippen LogP contribution in [-0.2, 0) is 23.4 Å². The number of rotatable bonds is 10. The SMILES string of the molecule is Cc1ccccc1C1=CC=CC(Nc2nccc3cc(CN4CC[C@@H](O)C4)cnc23)(c2nc3cc(CN4CC[C@H](CC(=O)O)C4)cc(C#N)c3o2)C1C. The number of oxazole rings is 1. The van der Waals surface area contributed by atoms with Gasteiger partial charge in [-0.1, -0.05) is 43.3 Å². The molecule has 11 nitrogen and oxygen atoms in total. The van der Waals surface area contributed by atoms with E-state index >= 15 is 0 Å². The second-order valence-electron chi connectivity index (χ2n) is 14.9. The number of aliphatic hydroxyl groups is 1. The van der Waals surface area contributed by atoms with Crippen LogP contribution in [0.2, 0.25) is 0 Å².